The molecule has 0 saturated heterocycles. The molecule has 2 aromatic heterocycles. The van der Waals surface area contributed by atoms with Gasteiger partial charge in [0.25, 0.3) is 0 Å². The van der Waals surface area contributed by atoms with Gasteiger partial charge >= 0.3 is 12.9 Å². The molecule has 2 aliphatic rings. The van der Waals surface area contributed by atoms with Crippen LogP contribution in [-0.4, -0.2) is 39.7 Å². The zero-order valence-corrected chi connectivity index (χ0v) is 17.3. The average Bonchev–Trinajstić information content (AvgIpc) is 3.53. The Morgan fingerprint density at radius 2 is 1.91 bits per heavy atom. The number of hydrogen-bond acceptors (Lipinski definition) is 2. The number of rotatable bonds is 5. The minimum atomic E-state index is -4.09. The van der Waals surface area contributed by atoms with Crippen LogP contribution in [0.5, 0.6) is 0 Å². The summed E-state index contributed by atoms with van der Waals surface area (Å²) in [6.07, 6.45) is 7.66. The van der Waals surface area contributed by atoms with E-state index in [1.807, 2.05) is 30.3 Å². The van der Waals surface area contributed by atoms with Gasteiger partial charge in [-0.25, -0.2) is 4.79 Å². The Labute approximate surface area is 183 Å². The molecular formula is C24H20BF2N3O2. The molecule has 5 nitrogen and oxygen atoms in total. The van der Waals surface area contributed by atoms with E-state index < -0.39 is 12.9 Å². The topological polar surface area (TPSA) is 50.0 Å². The quantitative estimate of drug-likeness (QED) is 0.362. The van der Waals surface area contributed by atoms with Crippen molar-refractivity contribution >= 4 is 30.8 Å². The van der Waals surface area contributed by atoms with Crippen molar-refractivity contribution in [2.75, 3.05) is 6.61 Å². The van der Waals surface area contributed by atoms with E-state index in [0.717, 1.165) is 20.1 Å². The molecule has 5 rings (SSSR count). The smallest absolute Gasteiger partial charge is 0.463 e. The molecule has 0 spiro atoms. The largest absolute Gasteiger partial charge is 0.737 e. The lowest BCUT2D eigenvalue weighted by Gasteiger charge is -2.32. The highest BCUT2D eigenvalue weighted by atomic mass is 19.2. The van der Waals surface area contributed by atoms with Crippen molar-refractivity contribution in [1.29, 1.82) is 0 Å². The first-order valence-corrected chi connectivity index (χ1v) is 10.4. The van der Waals surface area contributed by atoms with Crippen molar-refractivity contribution in [2.45, 2.75) is 6.92 Å². The van der Waals surface area contributed by atoms with E-state index in [9.17, 15) is 4.79 Å². The maximum Gasteiger partial charge on any atom is 0.737 e. The number of fused-ring (bicyclic) bond motifs is 2. The van der Waals surface area contributed by atoms with E-state index in [1.165, 1.54) is 12.3 Å². The number of hydrogen-bond donors (Lipinski definition) is 1. The third kappa shape index (κ3) is 3.15. The summed E-state index contributed by atoms with van der Waals surface area (Å²) in [7, 11) is 0. The molecule has 0 radical (unpaired) electrons. The van der Waals surface area contributed by atoms with Gasteiger partial charge in [-0.1, -0.05) is 30.3 Å². The van der Waals surface area contributed by atoms with E-state index >= 15 is 8.63 Å². The van der Waals surface area contributed by atoms with Crippen LogP contribution in [0.3, 0.4) is 0 Å². The molecule has 3 aromatic rings. The number of nitrogens with one attached hydrogen (secondary N) is 1. The van der Waals surface area contributed by atoms with Crippen LogP contribution in [0.4, 0.5) is 8.63 Å². The molecule has 0 saturated carbocycles. The zero-order chi connectivity index (χ0) is 22.3. The zero-order valence-electron chi connectivity index (χ0n) is 17.3. The summed E-state index contributed by atoms with van der Waals surface area (Å²) in [5.41, 5.74) is 4.09. The minimum Gasteiger partial charge on any atom is -0.463 e. The van der Waals surface area contributed by atoms with Gasteiger partial charge in [-0.2, -0.15) is 0 Å². The van der Waals surface area contributed by atoms with Gasteiger partial charge in [-0.15, -0.1) is 0 Å². The van der Waals surface area contributed by atoms with Gasteiger partial charge in [0.15, 0.2) is 5.70 Å². The molecule has 0 unspecified atom stereocenters. The van der Waals surface area contributed by atoms with Crippen LogP contribution < -0.4 is 0 Å². The molecule has 8 heteroatoms. The van der Waals surface area contributed by atoms with Gasteiger partial charge < -0.3 is 27.3 Å². The van der Waals surface area contributed by atoms with Crippen LogP contribution in [-0.2, 0) is 9.53 Å². The van der Waals surface area contributed by atoms with Crippen molar-refractivity contribution in [3.63, 3.8) is 0 Å². The van der Waals surface area contributed by atoms with Crippen LogP contribution in [0.15, 0.2) is 78.5 Å². The van der Waals surface area contributed by atoms with E-state index in [1.54, 1.807) is 49.4 Å². The van der Waals surface area contributed by atoms with Crippen molar-refractivity contribution in [3.8, 4) is 11.4 Å². The lowest BCUT2D eigenvalue weighted by atomic mass is 9.86. The third-order valence-corrected chi connectivity index (χ3v) is 5.59. The molecule has 0 atom stereocenters. The molecule has 1 N–H and O–H groups in total. The summed E-state index contributed by atoms with van der Waals surface area (Å²) in [4.78, 5) is 14.7. The Balaban J connectivity index is 1.62. The lowest BCUT2D eigenvalue weighted by molar-refractivity contribution is -0.356. The van der Waals surface area contributed by atoms with Crippen LogP contribution in [0, 0.1) is 0 Å². The summed E-state index contributed by atoms with van der Waals surface area (Å²) >= 11 is 0. The monoisotopic (exact) mass is 431 g/mol. The molecule has 4 heterocycles. The maximum atomic E-state index is 15.7. The number of carbonyl (C=O) groups excluding carboxylic acids is 1. The van der Waals surface area contributed by atoms with Gasteiger partial charge in [-0.05, 0) is 42.8 Å². The third-order valence-electron chi connectivity index (χ3n) is 5.59. The van der Waals surface area contributed by atoms with Crippen molar-refractivity contribution in [1.82, 2.24) is 9.46 Å². The summed E-state index contributed by atoms with van der Waals surface area (Å²) < 4.78 is 38.5. The normalized spacial score (nSPS) is 16.3. The highest BCUT2D eigenvalue weighted by Gasteiger charge is 2.52. The van der Waals surface area contributed by atoms with Crippen molar-refractivity contribution < 1.29 is 22.6 Å². The molecule has 2 aliphatic heterocycles. The standard InChI is InChI=1S/C24H20BF2N3O2/c1-2-32-23(31)15-11-18-10-12-19(28-18)20-13-14-22-24(17-7-4-3-5-8-17)21-9-6-16-29(21)25(26,27)30(20)22/h3-16,28H,2H2,1H3/b15-11+. The van der Waals surface area contributed by atoms with E-state index in [2.05, 4.69) is 4.98 Å². The number of allylic oxidation sites excluding steroid dienone is 2. The molecular weight excluding hydrogens is 411 g/mol. The SMILES string of the molecule is CCOC(=O)/C=C/c1ccc(-c2ccc3n2[B-](F)(F)[N+]2=CC=CC2=C3c2ccccc2)[nH]1. The fourth-order valence-electron chi connectivity index (χ4n) is 4.25. The lowest BCUT2D eigenvalue weighted by Crippen LogP contribution is -2.49. The number of H-pyrrole nitrogens is 1. The minimum absolute atomic E-state index is 0.286. The van der Waals surface area contributed by atoms with Gasteiger partial charge in [0.2, 0.25) is 0 Å². The van der Waals surface area contributed by atoms with Crippen LogP contribution in [0.1, 0.15) is 23.9 Å². The van der Waals surface area contributed by atoms with Crippen LogP contribution in [0.2, 0.25) is 0 Å². The van der Waals surface area contributed by atoms with Gasteiger partial charge in [0.1, 0.15) is 6.21 Å². The van der Waals surface area contributed by atoms with E-state index in [0.29, 0.717) is 28.5 Å². The first-order valence-electron chi connectivity index (χ1n) is 10.4. The molecule has 0 bridgehead atoms. The molecule has 160 valence electrons. The van der Waals surface area contributed by atoms with Crippen LogP contribution in [0.25, 0.3) is 23.0 Å². The fraction of sp³-hybridized carbons (Fsp3) is 0.0833. The molecule has 0 aliphatic carbocycles. The van der Waals surface area contributed by atoms with E-state index in [-0.39, 0.29) is 6.61 Å². The van der Waals surface area contributed by atoms with Crippen molar-refractivity contribution in [3.05, 3.63) is 95.5 Å². The second kappa shape index (κ2) is 7.64. The fourth-order valence-corrected chi connectivity index (χ4v) is 4.25. The Morgan fingerprint density at radius 1 is 1.12 bits per heavy atom. The number of ether oxygens (including phenoxy) is 1. The number of aromatic amines is 1. The van der Waals surface area contributed by atoms with Crippen LogP contribution >= 0.6 is 0 Å². The summed E-state index contributed by atoms with van der Waals surface area (Å²) in [5.74, 6) is -0.458. The molecule has 1 aromatic carbocycles. The second-order valence-corrected chi connectivity index (χ2v) is 7.52. The maximum absolute atomic E-state index is 15.7. The predicted molar refractivity (Wildman–Crippen MR) is 121 cm³/mol. The van der Waals surface area contributed by atoms with Gasteiger partial charge in [0.05, 0.1) is 17.9 Å². The number of esters is 1. The second-order valence-electron chi connectivity index (χ2n) is 7.52. The summed E-state index contributed by atoms with van der Waals surface area (Å²) in [6.45, 7) is -2.08. The highest BCUT2D eigenvalue weighted by molar-refractivity contribution is 6.58. The number of carbonyl (C=O) groups is 1. The molecule has 32 heavy (non-hydrogen) atoms. The van der Waals surface area contributed by atoms with Gasteiger partial charge in [0, 0.05) is 35.3 Å². The number of aromatic nitrogens is 2. The first-order chi connectivity index (χ1) is 15.5. The Morgan fingerprint density at radius 3 is 2.69 bits per heavy atom. The summed E-state index contributed by atoms with van der Waals surface area (Å²) in [5, 5.41) is 0. The van der Waals surface area contributed by atoms with Crippen molar-refractivity contribution in [2.24, 2.45) is 0 Å². The molecule has 0 fully saturated rings. The number of halogens is 2. The summed E-state index contributed by atoms with van der Waals surface area (Å²) in [6, 6.07) is 16.4. The highest BCUT2D eigenvalue weighted by Crippen LogP contribution is 2.41. The number of nitrogens with zero attached hydrogens (tertiary/aromatic N) is 2. The first kappa shape index (κ1) is 20.0. The Hall–Kier alpha value is -3.94. The van der Waals surface area contributed by atoms with E-state index in [4.69, 9.17) is 4.74 Å². The number of benzene rings is 1. The Kier molecular flexibility index (Phi) is 4.77. The van der Waals surface area contributed by atoms with Gasteiger partial charge in [-0.3, -0.25) is 0 Å². The molecule has 0 amide bonds. The average molecular weight is 431 g/mol. The predicted octanol–water partition coefficient (Wildman–Crippen LogP) is 4.71. The Bertz CT molecular complexity index is 1330.